The molecule has 0 radical (unpaired) electrons. The molecule has 3 heteroatoms. The summed E-state index contributed by atoms with van der Waals surface area (Å²) in [5.74, 6) is 0. The van der Waals surface area contributed by atoms with Gasteiger partial charge in [0.15, 0.2) is 0 Å². The molecule has 9 rings (SSSR count). The van der Waals surface area contributed by atoms with Crippen LogP contribution >= 0.6 is 22.7 Å². The monoisotopic (exact) mass is 531 g/mol. The van der Waals surface area contributed by atoms with Gasteiger partial charge < -0.3 is 4.57 Å². The Bertz CT molecular complexity index is 2390. The van der Waals surface area contributed by atoms with E-state index in [-0.39, 0.29) is 0 Å². The fourth-order valence-electron chi connectivity index (χ4n) is 6.36. The Balaban J connectivity index is 1.46. The number of para-hydroxylation sites is 2. The first kappa shape index (κ1) is 21.5. The maximum Gasteiger partial charge on any atom is 0.0734 e. The molecule has 0 N–H and O–H groups in total. The Labute approximate surface area is 232 Å². The molecule has 3 aromatic heterocycles. The van der Waals surface area contributed by atoms with Gasteiger partial charge in [-0.2, -0.15) is 0 Å². The highest BCUT2D eigenvalue weighted by atomic mass is 32.1. The van der Waals surface area contributed by atoms with Gasteiger partial charge in [-0.25, -0.2) is 0 Å². The lowest BCUT2D eigenvalue weighted by molar-refractivity contribution is 1.19. The van der Waals surface area contributed by atoms with E-state index in [1.54, 1.807) is 0 Å². The Morgan fingerprint density at radius 1 is 0.436 bits per heavy atom. The summed E-state index contributed by atoms with van der Waals surface area (Å²) in [7, 11) is 0. The first-order valence-electron chi connectivity index (χ1n) is 13.2. The molecule has 1 nitrogen and oxygen atoms in total. The van der Waals surface area contributed by atoms with Crippen LogP contribution in [0.1, 0.15) is 0 Å². The summed E-state index contributed by atoms with van der Waals surface area (Å²) in [6, 6.07) is 46.6. The second-order valence-corrected chi connectivity index (χ2v) is 12.2. The van der Waals surface area contributed by atoms with Gasteiger partial charge in [0.2, 0.25) is 0 Å². The van der Waals surface area contributed by atoms with Crippen molar-refractivity contribution in [2.24, 2.45) is 0 Å². The highest BCUT2D eigenvalue weighted by Crippen LogP contribution is 2.48. The van der Waals surface area contributed by atoms with Crippen LogP contribution in [-0.2, 0) is 0 Å². The normalized spacial score (nSPS) is 12.1. The van der Waals surface area contributed by atoms with Crippen LogP contribution in [0.5, 0.6) is 0 Å². The Kier molecular flexibility index (Phi) is 4.43. The molecule has 0 aliphatic heterocycles. The molecule has 0 aliphatic rings. The lowest BCUT2D eigenvalue weighted by Gasteiger charge is -2.11. The van der Waals surface area contributed by atoms with Gasteiger partial charge in [-0.1, -0.05) is 97.1 Å². The minimum Gasteiger partial charge on any atom is -0.308 e. The van der Waals surface area contributed by atoms with Crippen LogP contribution in [0, 0.1) is 0 Å². The molecule has 3 heterocycles. The molecule has 9 aromatic rings. The average Bonchev–Trinajstić information content (AvgIpc) is 3.66. The number of thiophene rings is 2. The Hall–Kier alpha value is -4.44. The zero-order chi connectivity index (χ0) is 25.5. The summed E-state index contributed by atoms with van der Waals surface area (Å²) >= 11 is 3.82. The maximum atomic E-state index is 2.46. The zero-order valence-electron chi connectivity index (χ0n) is 20.9. The molecule has 0 unspecified atom stereocenters. The van der Waals surface area contributed by atoms with Crippen molar-refractivity contribution in [3.63, 3.8) is 0 Å². The van der Waals surface area contributed by atoms with E-state index < -0.39 is 0 Å². The fraction of sp³-hybridized carbons (Fsp3) is 0. The Morgan fingerprint density at radius 3 is 1.95 bits per heavy atom. The van der Waals surface area contributed by atoms with Crippen LogP contribution < -0.4 is 0 Å². The molecule has 0 aliphatic carbocycles. The molecule has 0 saturated heterocycles. The average molecular weight is 532 g/mol. The van der Waals surface area contributed by atoms with Crippen LogP contribution in [0.15, 0.2) is 127 Å². The summed E-state index contributed by atoms with van der Waals surface area (Å²) in [6.45, 7) is 0. The van der Waals surface area contributed by atoms with E-state index >= 15 is 0 Å². The van der Waals surface area contributed by atoms with Crippen molar-refractivity contribution >= 4 is 84.8 Å². The van der Waals surface area contributed by atoms with Crippen LogP contribution in [0.25, 0.3) is 79.0 Å². The predicted octanol–water partition coefficient (Wildman–Crippen LogP) is 11.2. The topological polar surface area (TPSA) is 4.93 Å². The number of nitrogens with zero attached hydrogens (tertiary/aromatic N) is 1. The van der Waals surface area contributed by atoms with E-state index in [1.807, 2.05) is 22.7 Å². The molecule has 39 heavy (non-hydrogen) atoms. The van der Waals surface area contributed by atoms with E-state index in [1.165, 1.54) is 79.0 Å². The smallest absolute Gasteiger partial charge is 0.0734 e. The third kappa shape index (κ3) is 2.94. The fourth-order valence-corrected chi connectivity index (χ4v) is 8.87. The second-order valence-electron chi connectivity index (χ2n) is 10.1. The molecule has 0 bridgehead atoms. The molecular weight excluding hydrogens is 511 g/mol. The Morgan fingerprint density at radius 2 is 1.10 bits per heavy atom. The molecule has 0 spiro atoms. The lowest BCUT2D eigenvalue weighted by Crippen LogP contribution is -1.93. The molecule has 182 valence electrons. The van der Waals surface area contributed by atoms with Crippen molar-refractivity contribution in [3.8, 4) is 16.8 Å². The number of hydrogen-bond donors (Lipinski definition) is 0. The summed E-state index contributed by atoms with van der Waals surface area (Å²) in [5, 5.41) is 7.99. The van der Waals surface area contributed by atoms with Gasteiger partial charge in [-0.15, -0.1) is 22.7 Å². The minimum atomic E-state index is 1.20. The van der Waals surface area contributed by atoms with Gasteiger partial charge in [0.05, 0.1) is 15.7 Å². The van der Waals surface area contributed by atoms with Gasteiger partial charge in [0.25, 0.3) is 0 Å². The van der Waals surface area contributed by atoms with Crippen molar-refractivity contribution in [2.45, 2.75) is 0 Å². The summed E-state index contributed by atoms with van der Waals surface area (Å²) in [6.07, 6.45) is 0. The number of hydrogen-bond acceptors (Lipinski definition) is 2. The number of aromatic nitrogens is 1. The second kappa shape index (κ2) is 8.03. The van der Waals surface area contributed by atoms with Crippen LogP contribution in [0.2, 0.25) is 0 Å². The van der Waals surface area contributed by atoms with E-state index in [2.05, 4.69) is 132 Å². The van der Waals surface area contributed by atoms with Crippen molar-refractivity contribution in [3.05, 3.63) is 127 Å². The van der Waals surface area contributed by atoms with Crippen molar-refractivity contribution < 1.29 is 0 Å². The molecule has 0 fully saturated rings. The van der Waals surface area contributed by atoms with E-state index in [4.69, 9.17) is 0 Å². The third-order valence-corrected chi connectivity index (χ3v) is 10.4. The third-order valence-electron chi connectivity index (χ3n) is 8.00. The molecule has 0 amide bonds. The van der Waals surface area contributed by atoms with E-state index in [0.717, 1.165) is 0 Å². The number of fused-ring (bicyclic) bond motifs is 10. The first-order valence-corrected chi connectivity index (χ1v) is 14.8. The van der Waals surface area contributed by atoms with Crippen LogP contribution in [-0.4, -0.2) is 4.57 Å². The largest absolute Gasteiger partial charge is 0.308 e. The SMILES string of the molecule is c1ccc(-n2c3ccccc3c3sc4cccc(-c5cccc6sc7c8ccccc8ccc7c56)c4c32)cc1. The predicted molar refractivity (Wildman–Crippen MR) is 172 cm³/mol. The zero-order valence-corrected chi connectivity index (χ0v) is 22.5. The number of rotatable bonds is 2. The summed E-state index contributed by atoms with van der Waals surface area (Å²) in [4.78, 5) is 0. The van der Waals surface area contributed by atoms with Crippen molar-refractivity contribution in [2.75, 3.05) is 0 Å². The molecule has 0 atom stereocenters. The quantitative estimate of drug-likeness (QED) is 0.209. The first-order chi connectivity index (χ1) is 19.4. The molecular formula is C36H21NS2. The van der Waals surface area contributed by atoms with Gasteiger partial charge in [0, 0.05) is 41.3 Å². The maximum absolute atomic E-state index is 2.46. The molecule has 6 aromatic carbocycles. The molecule has 0 saturated carbocycles. The summed E-state index contributed by atoms with van der Waals surface area (Å²) in [5.41, 5.74) is 6.37. The standard InChI is InChI=1S/C36H21NS2/c1-2-11-23(12-3-1)37-29-17-7-6-14-27(29)36-34(37)33-26(16-9-19-31(33)39-36)25-15-8-18-30-32(25)28-21-20-22-10-4-5-13-24(22)35(28)38-30/h1-21H. The van der Waals surface area contributed by atoms with Crippen LogP contribution in [0.4, 0.5) is 0 Å². The van der Waals surface area contributed by atoms with E-state index in [9.17, 15) is 0 Å². The highest BCUT2D eigenvalue weighted by molar-refractivity contribution is 7.27. The van der Waals surface area contributed by atoms with Gasteiger partial charge in [-0.05, 0) is 52.2 Å². The van der Waals surface area contributed by atoms with Crippen LogP contribution in [0.3, 0.4) is 0 Å². The number of benzene rings is 6. The van der Waals surface area contributed by atoms with Gasteiger partial charge >= 0.3 is 0 Å². The van der Waals surface area contributed by atoms with Crippen molar-refractivity contribution in [1.82, 2.24) is 4.57 Å². The summed E-state index contributed by atoms with van der Waals surface area (Å²) < 4.78 is 7.86. The lowest BCUT2D eigenvalue weighted by atomic mass is 9.96. The highest BCUT2D eigenvalue weighted by Gasteiger charge is 2.21. The van der Waals surface area contributed by atoms with Crippen molar-refractivity contribution in [1.29, 1.82) is 0 Å². The van der Waals surface area contributed by atoms with E-state index in [0.29, 0.717) is 0 Å². The van der Waals surface area contributed by atoms with Gasteiger partial charge in [0.1, 0.15) is 0 Å². The van der Waals surface area contributed by atoms with Gasteiger partial charge in [-0.3, -0.25) is 0 Å². The minimum absolute atomic E-state index is 1.20.